The highest BCUT2D eigenvalue weighted by Crippen LogP contribution is 2.41. The zero-order valence-electron chi connectivity index (χ0n) is 30.4. The SMILES string of the molecule is [2H]c1c(-c2ccccc2C)ccc2c1Oc1c([2H])c(-n3c4ccccc4c4ccccc43)c([2H])c3c1B2c1ccc(-c2ccccc2C)c([2H])c1O3. The lowest BCUT2D eigenvalue weighted by atomic mass is 9.34. The molecule has 0 fully saturated rings. The summed E-state index contributed by atoms with van der Waals surface area (Å²) in [5.74, 6) is 1.25. The number of aryl methyl sites for hydroxylation is 2. The van der Waals surface area contributed by atoms with Gasteiger partial charge in [-0.3, -0.25) is 0 Å². The van der Waals surface area contributed by atoms with Gasteiger partial charge in [0.2, 0.25) is 0 Å². The summed E-state index contributed by atoms with van der Waals surface area (Å²) >= 11 is 0. The van der Waals surface area contributed by atoms with Crippen LogP contribution in [0, 0.1) is 13.8 Å². The average Bonchev–Trinajstić information content (AvgIpc) is 3.49. The van der Waals surface area contributed by atoms with Crippen LogP contribution in [0.3, 0.4) is 0 Å². The number of para-hydroxylation sites is 2. The molecule has 0 unspecified atom stereocenters. The highest BCUT2D eigenvalue weighted by Gasteiger charge is 2.41. The van der Waals surface area contributed by atoms with Crippen LogP contribution in [-0.4, -0.2) is 11.3 Å². The summed E-state index contributed by atoms with van der Waals surface area (Å²) in [6, 6.07) is 40.5. The quantitative estimate of drug-likeness (QED) is 0.184. The van der Waals surface area contributed by atoms with Crippen molar-refractivity contribution in [3.8, 4) is 50.9 Å². The lowest BCUT2D eigenvalue weighted by Crippen LogP contribution is -2.57. The Bertz CT molecular complexity index is 2660. The van der Waals surface area contributed by atoms with Gasteiger partial charge in [0.1, 0.15) is 23.0 Å². The normalized spacial score (nSPS) is 13.8. The predicted octanol–water partition coefficient (Wildman–Crippen LogP) is 9.46. The van der Waals surface area contributed by atoms with E-state index in [1.54, 1.807) is 0 Å². The van der Waals surface area contributed by atoms with Crippen molar-refractivity contribution in [1.29, 1.82) is 0 Å². The molecule has 0 saturated heterocycles. The zero-order valence-corrected chi connectivity index (χ0v) is 26.4. The second-order valence-electron chi connectivity index (χ2n) is 12.6. The average molecular weight is 620 g/mol. The zero-order chi connectivity index (χ0) is 35.4. The summed E-state index contributed by atoms with van der Waals surface area (Å²) in [7, 11) is 0. The van der Waals surface area contributed by atoms with E-state index in [4.69, 9.17) is 9.47 Å². The Hall–Kier alpha value is -6.00. The fourth-order valence-electron chi connectivity index (χ4n) is 7.52. The molecule has 3 heterocycles. The van der Waals surface area contributed by atoms with Gasteiger partial charge >= 0.3 is 0 Å². The Kier molecular flexibility index (Phi) is 4.99. The lowest BCUT2D eigenvalue weighted by Gasteiger charge is -2.34. The summed E-state index contributed by atoms with van der Waals surface area (Å²) in [6.45, 7) is 3.54. The van der Waals surface area contributed by atoms with Gasteiger partial charge in [-0.25, -0.2) is 0 Å². The molecule has 7 aromatic carbocycles. The van der Waals surface area contributed by atoms with Gasteiger partial charge < -0.3 is 14.0 Å². The number of ether oxygens (including phenoxy) is 2. The first-order chi connectivity index (χ1) is 25.3. The van der Waals surface area contributed by atoms with E-state index >= 15 is 0 Å². The van der Waals surface area contributed by atoms with Gasteiger partial charge in [-0.05, 0) is 82.4 Å². The molecule has 0 atom stereocenters. The van der Waals surface area contributed by atoms with Crippen molar-refractivity contribution in [1.82, 2.24) is 4.57 Å². The van der Waals surface area contributed by atoms with Crippen LogP contribution in [0.15, 0.2) is 145 Å². The topological polar surface area (TPSA) is 23.4 Å². The van der Waals surface area contributed by atoms with Crippen molar-refractivity contribution in [2.24, 2.45) is 0 Å². The van der Waals surface area contributed by atoms with Gasteiger partial charge in [0, 0.05) is 28.3 Å². The molecule has 10 rings (SSSR count). The largest absolute Gasteiger partial charge is 0.458 e. The maximum atomic E-state index is 9.82. The van der Waals surface area contributed by atoms with Crippen molar-refractivity contribution < 1.29 is 15.0 Å². The fourth-order valence-corrected chi connectivity index (χ4v) is 7.52. The molecule has 3 nitrogen and oxygen atoms in total. The van der Waals surface area contributed by atoms with Crippen LogP contribution >= 0.6 is 0 Å². The number of fused-ring (bicyclic) bond motifs is 7. The Morgan fingerprint density at radius 3 is 1.46 bits per heavy atom. The molecule has 8 aromatic rings. The Morgan fingerprint density at radius 1 is 0.500 bits per heavy atom. The van der Waals surface area contributed by atoms with Gasteiger partial charge in [-0.15, -0.1) is 0 Å². The van der Waals surface area contributed by atoms with Gasteiger partial charge in [0.25, 0.3) is 6.71 Å². The maximum Gasteiger partial charge on any atom is 0.260 e. The first kappa shape index (κ1) is 23.3. The van der Waals surface area contributed by atoms with Crippen LogP contribution < -0.4 is 25.9 Å². The number of hydrogen-bond acceptors (Lipinski definition) is 2. The fraction of sp³-hybridized carbons (Fsp3) is 0.0455. The molecule has 2 aliphatic rings. The van der Waals surface area contributed by atoms with Gasteiger partial charge in [-0.1, -0.05) is 109 Å². The van der Waals surface area contributed by atoms with Crippen molar-refractivity contribution in [2.75, 3.05) is 0 Å². The third-order valence-corrected chi connectivity index (χ3v) is 9.83. The smallest absolute Gasteiger partial charge is 0.260 e. The summed E-state index contributed by atoms with van der Waals surface area (Å²) in [6.07, 6.45) is 0. The molecule has 0 bridgehead atoms. The number of hydrogen-bond donors (Lipinski definition) is 0. The van der Waals surface area contributed by atoms with Crippen LogP contribution in [0.2, 0.25) is 0 Å². The monoisotopic (exact) mass is 619 g/mol. The predicted molar refractivity (Wildman–Crippen MR) is 199 cm³/mol. The van der Waals surface area contributed by atoms with Crippen LogP contribution in [0.25, 0.3) is 49.7 Å². The second kappa shape index (κ2) is 10.3. The summed E-state index contributed by atoms with van der Waals surface area (Å²) < 4.78 is 54.2. The van der Waals surface area contributed by atoms with Gasteiger partial charge in [0.15, 0.2) is 0 Å². The van der Waals surface area contributed by atoms with Crippen LogP contribution in [-0.2, 0) is 0 Å². The first-order valence-corrected chi connectivity index (χ1v) is 16.2. The van der Waals surface area contributed by atoms with Crippen molar-refractivity contribution in [3.63, 3.8) is 0 Å². The number of aromatic nitrogens is 1. The molecule has 0 amide bonds. The molecule has 0 spiro atoms. The maximum absolute atomic E-state index is 9.82. The van der Waals surface area contributed by atoms with Crippen molar-refractivity contribution in [2.45, 2.75) is 13.8 Å². The number of nitrogens with zero attached hydrogens (tertiary/aromatic N) is 1. The summed E-state index contributed by atoms with van der Waals surface area (Å²) in [4.78, 5) is 0. The summed E-state index contributed by atoms with van der Waals surface area (Å²) in [5, 5.41) is 2.01. The van der Waals surface area contributed by atoms with Crippen molar-refractivity contribution >= 4 is 44.9 Å². The standard InChI is InChI=1S/C44H30BNO2/c1-27-11-3-5-13-32(27)29-19-21-36-40(23-29)47-42-25-31(46-38-17-9-7-15-34(38)35-16-8-10-18-39(35)46)26-43-44(42)45(36)37-22-20-30(24-41(37)48-43)33-14-6-4-12-28(33)2/h3-26H,1-2H3/i23D,24D,25D,26D. The van der Waals surface area contributed by atoms with E-state index in [-0.39, 0.29) is 35.7 Å². The van der Waals surface area contributed by atoms with Gasteiger partial charge in [0.05, 0.1) is 22.2 Å². The Balaban J connectivity index is 1.30. The third-order valence-electron chi connectivity index (χ3n) is 9.83. The molecular weight excluding hydrogens is 585 g/mol. The summed E-state index contributed by atoms with van der Waals surface area (Å²) in [5.41, 5.74) is 9.51. The van der Waals surface area contributed by atoms with Crippen LogP contribution in [0.4, 0.5) is 0 Å². The first-order valence-electron chi connectivity index (χ1n) is 18.2. The molecule has 1 aromatic heterocycles. The third kappa shape index (κ3) is 3.96. The lowest BCUT2D eigenvalue weighted by molar-refractivity contribution is 0.464. The Morgan fingerprint density at radius 2 is 0.958 bits per heavy atom. The Labute approximate surface area is 285 Å². The minimum atomic E-state index is -0.525. The number of benzene rings is 7. The van der Waals surface area contributed by atoms with Gasteiger partial charge in [-0.2, -0.15) is 0 Å². The highest BCUT2D eigenvalue weighted by molar-refractivity contribution is 6.98. The molecule has 0 saturated carbocycles. The number of rotatable bonds is 3. The second-order valence-corrected chi connectivity index (χ2v) is 12.6. The molecule has 0 radical (unpaired) electrons. The van der Waals surface area contributed by atoms with Crippen LogP contribution in [0.5, 0.6) is 23.0 Å². The van der Waals surface area contributed by atoms with Crippen LogP contribution in [0.1, 0.15) is 16.6 Å². The molecule has 0 N–H and O–H groups in total. The van der Waals surface area contributed by atoms with E-state index in [1.165, 1.54) is 0 Å². The molecule has 0 aliphatic carbocycles. The van der Waals surface area contributed by atoms with Crippen molar-refractivity contribution in [3.05, 3.63) is 157 Å². The van der Waals surface area contributed by atoms with E-state index in [9.17, 15) is 5.48 Å². The van der Waals surface area contributed by atoms with E-state index in [0.29, 0.717) is 22.6 Å². The minimum absolute atomic E-state index is 0.0429. The molecule has 226 valence electrons. The molecular formula is C44H30BNO2. The van der Waals surface area contributed by atoms with E-state index < -0.39 is 6.71 Å². The minimum Gasteiger partial charge on any atom is -0.458 e. The molecule has 4 heteroatoms. The highest BCUT2D eigenvalue weighted by atomic mass is 16.5. The van der Waals surface area contributed by atoms with E-state index in [2.05, 4.69) is 12.1 Å². The molecule has 2 aliphatic heterocycles. The molecule has 48 heavy (non-hydrogen) atoms. The van der Waals surface area contributed by atoms with E-state index in [0.717, 1.165) is 66.1 Å². The van der Waals surface area contributed by atoms with E-state index in [1.807, 2.05) is 128 Å².